The van der Waals surface area contributed by atoms with E-state index in [1.54, 1.807) is 6.20 Å². The first-order valence-corrected chi connectivity index (χ1v) is 10.8. The van der Waals surface area contributed by atoms with Crippen LogP contribution >= 0.6 is 0 Å². The molecule has 30 heavy (non-hydrogen) atoms. The Morgan fingerprint density at radius 1 is 1.17 bits per heavy atom. The Bertz CT molecular complexity index is 856. The summed E-state index contributed by atoms with van der Waals surface area (Å²) in [6.07, 6.45) is 5.86. The first-order valence-electron chi connectivity index (χ1n) is 10.8. The molecule has 2 saturated heterocycles. The Labute approximate surface area is 177 Å². The van der Waals surface area contributed by atoms with Crippen LogP contribution in [0.15, 0.2) is 47.6 Å². The van der Waals surface area contributed by atoms with Crippen LogP contribution in [0.1, 0.15) is 38.7 Å². The summed E-state index contributed by atoms with van der Waals surface area (Å²) in [6, 6.07) is 11.8. The van der Waals surface area contributed by atoms with Gasteiger partial charge in [0.2, 0.25) is 5.88 Å². The molecule has 1 aromatic carbocycles. The van der Waals surface area contributed by atoms with Crippen molar-refractivity contribution in [3.63, 3.8) is 0 Å². The number of nitrogens with zero attached hydrogens (tertiary/aromatic N) is 2. The normalized spacial score (nSPS) is 22.7. The third kappa shape index (κ3) is 5.21. The zero-order valence-electron chi connectivity index (χ0n) is 17.6. The van der Waals surface area contributed by atoms with Gasteiger partial charge in [-0.3, -0.25) is 0 Å². The van der Waals surface area contributed by atoms with E-state index in [0.29, 0.717) is 37.3 Å². The molecule has 0 radical (unpaired) electrons. The minimum atomic E-state index is 0.314. The second-order valence-electron chi connectivity index (χ2n) is 7.56. The van der Waals surface area contributed by atoms with Gasteiger partial charge in [0.1, 0.15) is 11.5 Å². The number of hydrogen-bond acceptors (Lipinski definition) is 5. The van der Waals surface area contributed by atoms with Crippen molar-refractivity contribution in [2.45, 2.75) is 57.9 Å². The largest absolute Gasteiger partial charge is 0.494 e. The van der Waals surface area contributed by atoms with E-state index in [9.17, 15) is 0 Å². The van der Waals surface area contributed by atoms with Crippen molar-refractivity contribution >= 4 is 5.96 Å². The summed E-state index contributed by atoms with van der Waals surface area (Å²) in [5, 5.41) is 6.88. The molecule has 4 rings (SSSR count). The number of ether oxygens (including phenoxy) is 3. The number of fused-ring (bicyclic) bond motifs is 2. The van der Waals surface area contributed by atoms with Crippen molar-refractivity contribution in [3.05, 3.63) is 48.2 Å². The predicted octanol–water partition coefficient (Wildman–Crippen LogP) is 3.65. The Balaban J connectivity index is 1.37. The summed E-state index contributed by atoms with van der Waals surface area (Å²) < 4.78 is 17.3. The van der Waals surface area contributed by atoms with Gasteiger partial charge in [0, 0.05) is 18.8 Å². The molecule has 2 bridgehead atoms. The van der Waals surface area contributed by atoms with Gasteiger partial charge >= 0.3 is 0 Å². The molecule has 0 saturated carbocycles. The summed E-state index contributed by atoms with van der Waals surface area (Å²) in [4.78, 5) is 9.07. The number of pyridine rings is 1. The van der Waals surface area contributed by atoms with Crippen LogP contribution in [0, 0.1) is 0 Å². The van der Waals surface area contributed by atoms with Gasteiger partial charge in [-0.15, -0.1) is 0 Å². The molecule has 2 fully saturated rings. The molecular weight excluding hydrogens is 380 g/mol. The van der Waals surface area contributed by atoms with Crippen LogP contribution in [-0.2, 0) is 11.3 Å². The SMILES string of the molecule is CCNC(=NCc1ccnc(Oc2ccc(OCC)cc2)c1)NC1CC2CCC1O2. The molecule has 3 atom stereocenters. The Hall–Kier alpha value is -2.80. The van der Waals surface area contributed by atoms with E-state index in [2.05, 4.69) is 22.5 Å². The fourth-order valence-corrected chi connectivity index (χ4v) is 3.95. The van der Waals surface area contributed by atoms with Gasteiger partial charge in [-0.2, -0.15) is 0 Å². The molecule has 1 aromatic heterocycles. The Morgan fingerprint density at radius 3 is 2.70 bits per heavy atom. The summed E-state index contributed by atoms with van der Waals surface area (Å²) in [5.74, 6) is 2.92. The zero-order valence-corrected chi connectivity index (χ0v) is 17.6. The minimum absolute atomic E-state index is 0.314. The van der Waals surface area contributed by atoms with Crippen LogP contribution < -0.4 is 20.1 Å². The highest BCUT2D eigenvalue weighted by Gasteiger charge is 2.41. The van der Waals surface area contributed by atoms with Crippen molar-refractivity contribution in [1.29, 1.82) is 0 Å². The molecule has 2 aliphatic rings. The third-order valence-corrected chi connectivity index (χ3v) is 5.35. The van der Waals surface area contributed by atoms with Crippen LogP contribution in [0.3, 0.4) is 0 Å². The number of aromatic nitrogens is 1. The number of rotatable bonds is 8. The second kappa shape index (κ2) is 9.80. The van der Waals surface area contributed by atoms with Gasteiger partial charge in [0.05, 0.1) is 31.4 Å². The minimum Gasteiger partial charge on any atom is -0.494 e. The van der Waals surface area contributed by atoms with Crippen LogP contribution in [0.5, 0.6) is 17.4 Å². The molecule has 2 aromatic rings. The standard InChI is InChI=1S/C23H30N4O3/c1-3-24-23(27-20-14-19-9-10-21(20)29-19)26-15-16-11-12-25-22(13-16)30-18-7-5-17(6-8-18)28-4-2/h5-8,11-13,19-21H,3-4,9-10,14-15H2,1-2H3,(H2,24,26,27). The fraction of sp³-hybridized carbons (Fsp3) is 0.478. The summed E-state index contributed by atoms with van der Waals surface area (Å²) in [5.41, 5.74) is 1.03. The highest BCUT2D eigenvalue weighted by molar-refractivity contribution is 5.80. The summed E-state index contributed by atoms with van der Waals surface area (Å²) in [6.45, 7) is 6.03. The first kappa shape index (κ1) is 20.5. The molecule has 2 aliphatic heterocycles. The quantitative estimate of drug-likeness (QED) is 0.511. The average Bonchev–Trinajstić information content (AvgIpc) is 3.37. The topological polar surface area (TPSA) is 77.0 Å². The highest BCUT2D eigenvalue weighted by atomic mass is 16.5. The van der Waals surface area contributed by atoms with Gasteiger partial charge in [0.15, 0.2) is 5.96 Å². The number of benzene rings is 1. The molecule has 3 unspecified atom stereocenters. The van der Waals surface area contributed by atoms with Crippen LogP contribution in [0.2, 0.25) is 0 Å². The van der Waals surface area contributed by atoms with Crippen molar-refractivity contribution in [3.8, 4) is 17.4 Å². The van der Waals surface area contributed by atoms with Crippen LogP contribution in [0.4, 0.5) is 0 Å². The van der Waals surface area contributed by atoms with Crippen molar-refractivity contribution < 1.29 is 14.2 Å². The Kier molecular flexibility index (Phi) is 6.69. The van der Waals surface area contributed by atoms with Crippen molar-refractivity contribution in [1.82, 2.24) is 15.6 Å². The van der Waals surface area contributed by atoms with Gasteiger partial charge in [0.25, 0.3) is 0 Å². The van der Waals surface area contributed by atoms with Crippen molar-refractivity contribution in [2.24, 2.45) is 4.99 Å². The summed E-state index contributed by atoms with van der Waals surface area (Å²) >= 11 is 0. The lowest BCUT2D eigenvalue weighted by Gasteiger charge is -2.22. The van der Waals surface area contributed by atoms with Crippen LogP contribution in [-0.4, -0.2) is 42.3 Å². The van der Waals surface area contributed by atoms with Gasteiger partial charge in [-0.1, -0.05) is 0 Å². The van der Waals surface area contributed by atoms with E-state index in [1.807, 2.05) is 43.3 Å². The maximum Gasteiger partial charge on any atom is 0.219 e. The molecule has 160 valence electrons. The first-order chi connectivity index (χ1) is 14.7. The lowest BCUT2D eigenvalue weighted by atomic mass is 9.96. The molecule has 0 spiro atoms. The van der Waals surface area contributed by atoms with E-state index in [0.717, 1.165) is 42.4 Å². The lowest BCUT2D eigenvalue weighted by molar-refractivity contribution is 0.0992. The number of nitrogens with one attached hydrogen (secondary N) is 2. The van der Waals surface area contributed by atoms with Gasteiger partial charge < -0.3 is 24.8 Å². The predicted molar refractivity (Wildman–Crippen MR) is 116 cm³/mol. The molecule has 2 N–H and O–H groups in total. The van der Waals surface area contributed by atoms with E-state index < -0.39 is 0 Å². The van der Waals surface area contributed by atoms with E-state index in [4.69, 9.17) is 19.2 Å². The van der Waals surface area contributed by atoms with E-state index >= 15 is 0 Å². The molecule has 0 aliphatic carbocycles. The van der Waals surface area contributed by atoms with Gasteiger partial charge in [-0.25, -0.2) is 9.98 Å². The van der Waals surface area contributed by atoms with Crippen LogP contribution in [0.25, 0.3) is 0 Å². The maximum absolute atomic E-state index is 5.94. The highest BCUT2D eigenvalue weighted by Crippen LogP contribution is 2.34. The van der Waals surface area contributed by atoms with Gasteiger partial charge in [-0.05, 0) is 69.0 Å². The average molecular weight is 411 g/mol. The number of guanidine groups is 1. The molecule has 0 amide bonds. The molecule has 7 heteroatoms. The lowest BCUT2D eigenvalue weighted by Crippen LogP contribution is -2.47. The number of hydrogen-bond donors (Lipinski definition) is 2. The monoisotopic (exact) mass is 410 g/mol. The third-order valence-electron chi connectivity index (χ3n) is 5.35. The second-order valence-corrected chi connectivity index (χ2v) is 7.56. The van der Waals surface area contributed by atoms with Crippen molar-refractivity contribution in [2.75, 3.05) is 13.2 Å². The number of aliphatic imine (C=N–C) groups is 1. The van der Waals surface area contributed by atoms with E-state index in [1.165, 1.54) is 6.42 Å². The van der Waals surface area contributed by atoms with E-state index in [-0.39, 0.29) is 0 Å². The molecule has 7 nitrogen and oxygen atoms in total. The maximum atomic E-state index is 5.94. The summed E-state index contributed by atoms with van der Waals surface area (Å²) in [7, 11) is 0. The smallest absolute Gasteiger partial charge is 0.219 e. The molecule has 3 heterocycles. The fourth-order valence-electron chi connectivity index (χ4n) is 3.95. The Morgan fingerprint density at radius 2 is 2.00 bits per heavy atom. The zero-order chi connectivity index (χ0) is 20.8. The molecular formula is C23H30N4O3.